The fourth-order valence-corrected chi connectivity index (χ4v) is 4.44. The SMILES string of the molecule is COc1ccc(N2C(=O)c3ccccc3N[C@@]23C(=O)Nc2c(C)cc(C)cc23)cc1. The highest BCUT2D eigenvalue weighted by molar-refractivity contribution is 6.22. The molecule has 6 heteroatoms. The molecule has 2 heterocycles. The van der Waals surface area contributed by atoms with E-state index in [1.807, 2.05) is 44.2 Å². The minimum Gasteiger partial charge on any atom is -0.497 e. The topological polar surface area (TPSA) is 70.7 Å². The van der Waals surface area contributed by atoms with Crippen LogP contribution in [0, 0.1) is 13.8 Å². The molecular weight excluding hydrogens is 378 g/mol. The van der Waals surface area contributed by atoms with E-state index in [0.29, 0.717) is 22.7 Å². The second kappa shape index (κ2) is 6.35. The number of methoxy groups -OCH3 is 1. The number of hydrogen-bond acceptors (Lipinski definition) is 4. The number of benzene rings is 3. The quantitative estimate of drug-likeness (QED) is 0.678. The molecule has 2 aliphatic heterocycles. The maximum Gasteiger partial charge on any atom is 0.276 e. The molecule has 5 rings (SSSR count). The molecule has 3 aromatic rings. The molecule has 30 heavy (non-hydrogen) atoms. The molecular formula is C24H21N3O3. The fraction of sp³-hybridized carbons (Fsp3) is 0.167. The third kappa shape index (κ3) is 2.37. The first-order valence-corrected chi connectivity index (χ1v) is 9.74. The summed E-state index contributed by atoms with van der Waals surface area (Å²) in [4.78, 5) is 28.8. The van der Waals surface area contributed by atoms with Gasteiger partial charge < -0.3 is 15.4 Å². The van der Waals surface area contributed by atoms with E-state index in [1.54, 1.807) is 42.3 Å². The molecule has 0 unspecified atom stereocenters. The largest absolute Gasteiger partial charge is 0.497 e. The Balaban J connectivity index is 1.81. The number of aryl methyl sites for hydroxylation is 2. The second-order valence-electron chi connectivity index (χ2n) is 7.68. The highest BCUT2D eigenvalue weighted by Gasteiger charge is 2.57. The predicted molar refractivity (Wildman–Crippen MR) is 116 cm³/mol. The summed E-state index contributed by atoms with van der Waals surface area (Å²) in [6, 6.07) is 18.4. The van der Waals surface area contributed by atoms with E-state index in [9.17, 15) is 9.59 Å². The van der Waals surface area contributed by atoms with Crippen LogP contribution in [0.15, 0.2) is 60.7 Å². The molecule has 0 aliphatic carbocycles. The number of fused-ring (bicyclic) bond motifs is 3. The molecule has 1 spiro atoms. The van der Waals surface area contributed by atoms with Gasteiger partial charge in [0.25, 0.3) is 11.8 Å². The lowest BCUT2D eigenvalue weighted by atomic mass is 9.90. The molecule has 6 nitrogen and oxygen atoms in total. The summed E-state index contributed by atoms with van der Waals surface area (Å²) in [6.45, 7) is 3.95. The number of carbonyl (C=O) groups excluding carboxylic acids is 2. The summed E-state index contributed by atoms with van der Waals surface area (Å²) >= 11 is 0. The van der Waals surface area contributed by atoms with Crippen LogP contribution < -0.4 is 20.3 Å². The lowest BCUT2D eigenvalue weighted by Crippen LogP contribution is -2.61. The van der Waals surface area contributed by atoms with Crippen molar-refractivity contribution in [2.24, 2.45) is 0 Å². The Kier molecular flexibility index (Phi) is 3.86. The zero-order valence-electron chi connectivity index (χ0n) is 16.9. The van der Waals surface area contributed by atoms with E-state index in [-0.39, 0.29) is 11.8 Å². The second-order valence-corrected chi connectivity index (χ2v) is 7.68. The van der Waals surface area contributed by atoms with Crippen LogP contribution in [0.1, 0.15) is 27.0 Å². The Labute approximate surface area is 174 Å². The Hall–Kier alpha value is -3.80. The third-order valence-electron chi connectivity index (χ3n) is 5.78. The molecule has 0 saturated heterocycles. The number of anilines is 3. The van der Waals surface area contributed by atoms with E-state index in [4.69, 9.17) is 4.74 Å². The van der Waals surface area contributed by atoms with Gasteiger partial charge in [-0.3, -0.25) is 14.5 Å². The van der Waals surface area contributed by atoms with Crippen molar-refractivity contribution in [2.75, 3.05) is 22.6 Å². The first-order valence-electron chi connectivity index (χ1n) is 9.74. The normalized spacial score (nSPS) is 19.2. The van der Waals surface area contributed by atoms with Gasteiger partial charge in [0.15, 0.2) is 0 Å². The molecule has 1 atom stereocenters. The molecule has 2 aliphatic rings. The lowest BCUT2D eigenvalue weighted by molar-refractivity contribution is -0.119. The number of carbonyl (C=O) groups is 2. The van der Waals surface area contributed by atoms with E-state index in [1.165, 1.54) is 0 Å². The average molecular weight is 399 g/mol. The van der Waals surface area contributed by atoms with Crippen molar-refractivity contribution >= 4 is 28.9 Å². The lowest BCUT2D eigenvalue weighted by Gasteiger charge is -2.44. The summed E-state index contributed by atoms with van der Waals surface area (Å²) in [5.41, 5.74) is 3.82. The Morgan fingerprint density at radius 2 is 1.70 bits per heavy atom. The van der Waals surface area contributed by atoms with Gasteiger partial charge in [0.1, 0.15) is 5.75 Å². The smallest absolute Gasteiger partial charge is 0.276 e. The van der Waals surface area contributed by atoms with Gasteiger partial charge >= 0.3 is 0 Å². The van der Waals surface area contributed by atoms with Crippen molar-refractivity contribution in [2.45, 2.75) is 19.5 Å². The van der Waals surface area contributed by atoms with Crippen molar-refractivity contribution in [3.8, 4) is 5.75 Å². The van der Waals surface area contributed by atoms with Gasteiger partial charge in [-0.1, -0.05) is 23.8 Å². The van der Waals surface area contributed by atoms with Crippen LogP contribution in [0.4, 0.5) is 17.1 Å². The number of amides is 2. The van der Waals surface area contributed by atoms with Crippen LogP contribution in [0.3, 0.4) is 0 Å². The summed E-state index contributed by atoms with van der Waals surface area (Å²) in [7, 11) is 1.59. The number of ether oxygens (including phenoxy) is 1. The zero-order chi connectivity index (χ0) is 21.0. The van der Waals surface area contributed by atoms with Gasteiger partial charge in [0, 0.05) is 16.9 Å². The molecule has 0 bridgehead atoms. The van der Waals surface area contributed by atoms with Crippen molar-refractivity contribution in [3.63, 3.8) is 0 Å². The van der Waals surface area contributed by atoms with E-state index in [0.717, 1.165) is 22.4 Å². The molecule has 2 amide bonds. The summed E-state index contributed by atoms with van der Waals surface area (Å²) in [5.74, 6) is 0.148. The summed E-state index contributed by atoms with van der Waals surface area (Å²) in [5, 5.41) is 6.41. The Morgan fingerprint density at radius 1 is 0.967 bits per heavy atom. The van der Waals surface area contributed by atoms with Gasteiger partial charge in [-0.05, 0) is 61.9 Å². The standard InChI is InChI=1S/C24H21N3O3/c1-14-12-15(2)21-19(13-14)24(23(29)25-21)26-20-7-5-4-6-18(20)22(28)27(24)16-8-10-17(30-3)11-9-16/h4-13,26H,1-3H3,(H,25,29)/t24-/m1/s1. The highest BCUT2D eigenvalue weighted by atomic mass is 16.5. The zero-order valence-corrected chi connectivity index (χ0v) is 16.9. The summed E-state index contributed by atoms with van der Waals surface area (Å²) in [6.07, 6.45) is 0. The Bertz CT molecular complexity index is 1200. The van der Waals surface area contributed by atoms with Gasteiger partial charge in [0.2, 0.25) is 5.66 Å². The molecule has 0 saturated carbocycles. The first kappa shape index (κ1) is 18.2. The molecule has 0 aromatic heterocycles. The number of hydrogen-bond donors (Lipinski definition) is 2. The van der Waals surface area contributed by atoms with Crippen molar-refractivity contribution in [3.05, 3.63) is 82.9 Å². The monoisotopic (exact) mass is 399 g/mol. The average Bonchev–Trinajstić information content (AvgIpc) is 3.01. The van der Waals surface area contributed by atoms with Crippen LogP contribution in [0.5, 0.6) is 5.75 Å². The van der Waals surface area contributed by atoms with Crippen LogP contribution in [0.2, 0.25) is 0 Å². The van der Waals surface area contributed by atoms with Crippen molar-refractivity contribution in [1.29, 1.82) is 0 Å². The Morgan fingerprint density at radius 3 is 2.43 bits per heavy atom. The number of para-hydroxylation sites is 1. The van der Waals surface area contributed by atoms with Crippen molar-refractivity contribution in [1.82, 2.24) is 0 Å². The minimum absolute atomic E-state index is 0.239. The van der Waals surface area contributed by atoms with E-state index in [2.05, 4.69) is 10.6 Å². The van der Waals surface area contributed by atoms with Crippen LogP contribution in [-0.2, 0) is 10.5 Å². The van der Waals surface area contributed by atoms with Crippen molar-refractivity contribution < 1.29 is 14.3 Å². The van der Waals surface area contributed by atoms with Gasteiger partial charge in [0.05, 0.1) is 18.4 Å². The number of nitrogens with one attached hydrogen (secondary N) is 2. The van der Waals surface area contributed by atoms with E-state index < -0.39 is 5.66 Å². The first-order chi connectivity index (χ1) is 14.5. The number of nitrogens with zero attached hydrogens (tertiary/aromatic N) is 1. The highest BCUT2D eigenvalue weighted by Crippen LogP contribution is 2.48. The summed E-state index contributed by atoms with van der Waals surface area (Å²) < 4.78 is 5.27. The molecule has 0 radical (unpaired) electrons. The van der Waals surface area contributed by atoms with Crippen LogP contribution >= 0.6 is 0 Å². The van der Waals surface area contributed by atoms with Crippen LogP contribution in [-0.4, -0.2) is 18.9 Å². The van der Waals surface area contributed by atoms with Gasteiger partial charge in [-0.15, -0.1) is 0 Å². The maximum atomic E-state index is 13.7. The van der Waals surface area contributed by atoms with Crippen LogP contribution in [0.25, 0.3) is 0 Å². The predicted octanol–water partition coefficient (Wildman–Crippen LogP) is 4.19. The van der Waals surface area contributed by atoms with E-state index >= 15 is 0 Å². The van der Waals surface area contributed by atoms with Gasteiger partial charge in [-0.2, -0.15) is 0 Å². The number of rotatable bonds is 2. The molecule has 3 aromatic carbocycles. The molecule has 150 valence electrons. The fourth-order valence-electron chi connectivity index (χ4n) is 4.44. The minimum atomic E-state index is -1.38. The maximum absolute atomic E-state index is 13.7. The molecule has 0 fully saturated rings. The van der Waals surface area contributed by atoms with Gasteiger partial charge in [-0.25, -0.2) is 0 Å². The molecule has 2 N–H and O–H groups in total. The third-order valence-corrected chi connectivity index (χ3v) is 5.78.